The number of H-pyrrole nitrogens is 1. The minimum absolute atomic E-state index is 0.0380. The van der Waals surface area contributed by atoms with Crippen molar-refractivity contribution < 1.29 is 14.8 Å². The van der Waals surface area contributed by atoms with Gasteiger partial charge in [0.15, 0.2) is 5.75 Å². The minimum atomic E-state index is -0.736. The third-order valence-electron chi connectivity index (χ3n) is 2.77. The smallest absolute Gasteiger partial charge is 0.315 e. The number of benzene rings is 1. The predicted molar refractivity (Wildman–Crippen MR) is 87.0 cm³/mol. The topological polar surface area (TPSA) is 143 Å². The van der Waals surface area contributed by atoms with E-state index in [4.69, 9.17) is 16.3 Å². The number of nitro groups is 1. The first kappa shape index (κ1) is 17.2. The molecule has 0 unspecified atom stereocenters. The quantitative estimate of drug-likeness (QED) is 0.408. The number of anilines is 1. The summed E-state index contributed by atoms with van der Waals surface area (Å²) in [5.41, 5.74) is 1.85. The van der Waals surface area contributed by atoms with Gasteiger partial charge in [-0.15, -0.1) is 0 Å². The number of nitrogens with zero attached hydrogens (tertiary/aromatic N) is 3. The van der Waals surface area contributed by atoms with E-state index < -0.39 is 21.9 Å². The maximum absolute atomic E-state index is 11.3. The molecule has 0 aliphatic carbocycles. The summed E-state index contributed by atoms with van der Waals surface area (Å²) in [7, 11) is 0. The molecule has 0 atom stereocenters. The van der Waals surface area contributed by atoms with Crippen LogP contribution >= 0.6 is 11.6 Å². The van der Waals surface area contributed by atoms with Crippen LogP contribution in [0.25, 0.3) is 0 Å². The second-order valence-electron chi connectivity index (χ2n) is 4.37. The van der Waals surface area contributed by atoms with Crippen LogP contribution in [0.2, 0.25) is 5.02 Å². The van der Waals surface area contributed by atoms with E-state index in [9.17, 15) is 20.0 Å². The van der Waals surface area contributed by atoms with Crippen molar-refractivity contribution in [1.29, 1.82) is 0 Å². The summed E-state index contributed by atoms with van der Waals surface area (Å²) in [4.78, 5) is 21.5. The van der Waals surface area contributed by atoms with Crippen molar-refractivity contribution in [3.8, 4) is 11.5 Å². The molecule has 126 valence electrons. The van der Waals surface area contributed by atoms with E-state index in [0.717, 1.165) is 6.07 Å². The lowest BCUT2D eigenvalue weighted by Gasteiger charge is -2.07. The molecule has 0 bridgehead atoms. The number of aromatic nitrogens is 2. The number of hydrogen-bond acceptors (Lipinski definition) is 8. The Morgan fingerprint density at radius 2 is 2.33 bits per heavy atom. The van der Waals surface area contributed by atoms with Gasteiger partial charge in [-0.2, -0.15) is 10.2 Å². The Bertz CT molecular complexity index is 851. The second-order valence-corrected chi connectivity index (χ2v) is 4.75. The fourth-order valence-corrected chi connectivity index (χ4v) is 1.86. The van der Waals surface area contributed by atoms with Gasteiger partial charge in [-0.05, 0) is 13.0 Å². The minimum Gasteiger partial charge on any atom is -0.500 e. The molecule has 2 rings (SSSR count). The summed E-state index contributed by atoms with van der Waals surface area (Å²) >= 11 is 5.77. The molecule has 1 aromatic carbocycles. The number of nitrogens with one attached hydrogen (secondary N) is 2. The zero-order valence-electron chi connectivity index (χ0n) is 12.3. The van der Waals surface area contributed by atoms with Crippen LogP contribution in [0.3, 0.4) is 0 Å². The van der Waals surface area contributed by atoms with E-state index >= 15 is 0 Å². The van der Waals surface area contributed by atoms with Gasteiger partial charge < -0.3 is 9.84 Å². The number of aromatic hydroxyl groups is 1. The fraction of sp³-hybridized carbons (Fsp3) is 0.154. The zero-order valence-corrected chi connectivity index (χ0v) is 13.1. The lowest BCUT2D eigenvalue weighted by atomic mass is 10.2. The Morgan fingerprint density at radius 3 is 3.00 bits per heavy atom. The molecule has 11 heteroatoms. The highest BCUT2D eigenvalue weighted by Crippen LogP contribution is 2.36. The Hall–Kier alpha value is -3.14. The van der Waals surface area contributed by atoms with Crippen molar-refractivity contribution in [2.75, 3.05) is 12.0 Å². The number of phenolic OH excluding ortho intramolecular Hbond substituents is 1. The van der Waals surface area contributed by atoms with Gasteiger partial charge in [0.25, 0.3) is 5.56 Å². The Labute approximate surface area is 139 Å². The lowest BCUT2D eigenvalue weighted by Crippen LogP contribution is -2.10. The number of hydrazone groups is 1. The van der Waals surface area contributed by atoms with Crippen molar-refractivity contribution in [2.24, 2.45) is 5.10 Å². The maximum Gasteiger partial charge on any atom is 0.315 e. The predicted octanol–water partition coefficient (Wildman–Crippen LogP) is 1.88. The normalized spacial score (nSPS) is 10.8. The van der Waals surface area contributed by atoms with Gasteiger partial charge in [0, 0.05) is 11.6 Å². The first-order valence-corrected chi connectivity index (χ1v) is 6.98. The van der Waals surface area contributed by atoms with E-state index in [0.29, 0.717) is 5.56 Å². The van der Waals surface area contributed by atoms with Crippen LogP contribution in [0.1, 0.15) is 12.5 Å². The first-order chi connectivity index (χ1) is 11.4. The SMILES string of the molecule is CCOc1cc(/C=N/Nc2cn[nH]c(=O)c2Cl)cc([N+](=O)[O-])c1O. The van der Waals surface area contributed by atoms with Gasteiger partial charge in [-0.25, -0.2) is 5.10 Å². The van der Waals surface area contributed by atoms with E-state index in [1.807, 2.05) is 0 Å². The Kier molecular flexibility index (Phi) is 5.32. The largest absolute Gasteiger partial charge is 0.500 e. The summed E-state index contributed by atoms with van der Waals surface area (Å²) in [6.07, 6.45) is 2.50. The molecule has 0 saturated carbocycles. The highest BCUT2D eigenvalue weighted by Gasteiger charge is 2.19. The summed E-state index contributed by atoms with van der Waals surface area (Å²) in [5, 5.41) is 30.2. The van der Waals surface area contributed by atoms with Crippen molar-refractivity contribution in [1.82, 2.24) is 10.2 Å². The summed E-state index contributed by atoms with van der Waals surface area (Å²) in [6, 6.07) is 2.51. The van der Waals surface area contributed by atoms with E-state index in [2.05, 4.69) is 20.7 Å². The molecule has 10 nitrogen and oxygen atoms in total. The zero-order chi connectivity index (χ0) is 17.7. The van der Waals surface area contributed by atoms with Crippen LogP contribution < -0.4 is 15.7 Å². The van der Waals surface area contributed by atoms with Crippen LogP contribution in [0, 0.1) is 10.1 Å². The average molecular weight is 354 g/mol. The molecule has 0 aliphatic heterocycles. The van der Waals surface area contributed by atoms with Crippen LogP contribution in [-0.4, -0.2) is 33.0 Å². The number of ether oxygens (including phenoxy) is 1. The van der Waals surface area contributed by atoms with Crippen molar-refractivity contribution in [3.63, 3.8) is 0 Å². The molecule has 0 fully saturated rings. The van der Waals surface area contributed by atoms with Crippen LogP contribution in [-0.2, 0) is 0 Å². The molecule has 0 radical (unpaired) electrons. The summed E-state index contributed by atoms with van der Waals surface area (Å²) in [5.74, 6) is -0.599. The van der Waals surface area contributed by atoms with E-state index in [-0.39, 0.29) is 23.1 Å². The van der Waals surface area contributed by atoms with Crippen LogP contribution in [0.5, 0.6) is 11.5 Å². The van der Waals surface area contributed by atoms with Crippen molar-refractivity contribution in [2.45, 2.75) is 6.92 Å². The number of phenols is 1. The molecule has 0 spiro atoms. The van der Waals surface area contributed by atoms with Gasteiger partial charge in [0.2, 0.25) is 5.75 Å². The number of hydrogen-bond donors (Lipinski definition) is 3. The molecule has 0 amide bonds. The third-order valence-corrected chi connectivity index (χ3v) is 3.14. The van der Waals surface area contributed by atoms with Crippen LogP contribution in [0.4, 0.5) is 11.4 Å². The average Bonchev–Trinajstić information content (AvgIpc) is 2.54. The summed E-state index contributed by atoms with van der Waals surface area (Å²) in [6.45, 7) is 1.90. The van der Waals surface area contributed by atoms with Crippen LogP contribution in [0.15, 0.2) is 28.2 Å². The van der Waals surface area contributed by atoms with Gasteiger partial charge in [-0.3, -0.25) is 20.3 Å². The number of rotatable bonds is 6. The van der Waals surface area contributed by atoms with Gasteiger partial charge >= 0.3 is 5.69 Å². The lowest BCUT2D eigenvalue weighted by molar-refractivity contribution is -0.386. The molecule has 24 heavy (non-hydrogen) atoms. The Balaban J connectivity index is 2.30. The van der Waals surface area contributed by atoms with Gasteiger partial charge in [-0.1, -0.05) is 11.6 Å². The monoisotopic (exact) mass is 353 g/mol. The maximum atomic E-state index is 11.3. The van der Waals surface area contributed by atoms with Crippen molar-refractivity contribution in [3.05, 3.63) is 49.4 Å². The van der Waals surface area contributed by atoms with Gasteiger partial charge in [0.05, 0.1) is 23.9 Å². The number of nitro benzene ring substituents is 1. The molecule has 2 aromatic rings. The summed E-state index contributed by atoms with van der Waals surface area (Å²) < 4.78 is 5.15. The highest BCUT2D eigenvalue weighted by atomic mass is 35.5. The second kappa shape index (κ2) is 7.42. The van der Waals surface area contributed by atoms with E-state index in [1.54, 1.807) is 6.92 Å². The molecular formula is C13H12ClN5O5. The molecule has 3 N–H and O–H groups in total. The fourth-order valence-electron chi connectivity index (χ4n) is 1.73. The molecule has 1 heterocycles. The third kappa shape index (κ3) is 3.79. The number of aromatic amines is 1. The standard InChI is InChI=1S/C13H12ClN5O5/c1-2-24-10-4-7(3-9(12(10)20)19(22)23)5-15-17-8-6-16-18-13(21)11(8)14/h3-6,20H,2H2,1H3,(H2,17,18,21)/b15-5+. The number of halogens is 1. The molecular weight excluding hydrogens is 342 g/mol. The Morgan fingerprint density at radius 1 is 1.58 bits per heavy atom. The van der Waals surface area contributed by atoms with Crippen molar-refractivity contribution >= 4 is 29.2 Å². The molecule has 0 saturated heterocycles. The molecule has 1 aromatic heterocycles. The molecule has 0 aliphatic rings. The first-order valence-electron chi connectivity index (χ1n) is 6.60. The highest BCUT2D eigenvalue weighted by molar-refractivity contribution is 6.32. The van der Waals surface area contributed by atoms with E-state index in [1.165, 1.54) is 18.5 Å². The van der Waals surface area contributed by atoms with Gasteiger partial charge in [0.1, 0.15) is 10.7 Å².